The highest BCUT2D eigenvalue weighted by Gasteiger charge is 2.24. The van der Waals surface area contributed by atoms with Crippen LogP contribution in [0.15, 0.2) is 72.8 Å². The van der Waals surface area contributed by atoms with Crippen LogP contribution in [0.25, 0.3) is 23.3 Å². The van der Waals surface area contributed by atoms with Gasteiger partial charge >= 0.3 is 0 Å². The van der Waals surface area contributed by atoms with Gasteiger partial charge in [0.15, 0.2) is 0 Å². The van der Waals surface area contributed by atoms with E-state index in [1.807, 2.05) is 84.9 Å². The van der Waals surface area contributed by atoms with E-state index in [1.54, 1.807) is 0 Å². The van der Waals surface area contributed by atoms with Crippen LogP contribution in [-0.4, -0.2) is 11.8 Å². The van der Waals surface area contributed by atoms with E-state index in [-0.39, 0.29) is 11.8 Å². The summed E-state index contributed by atoms with van der Waals surface area (Å²) >= 11 is 0. The van der Waals surface area contributed by atoms with E-state index < -0.39 is 0 Å². The summed E-state index contributed by atoms with van der Waals surface area (Å²) in [5.41, 5.74) is 6.56. The highest BCUT2D eigenvalue weighted by atomic mass is 16.2. The Morgan fingerprint density at radius 3 is 1.54 bits per heavy atom. The first-order valence-electron chi connectivity index (χ1n) is 9.04. The zero-order valence-electron chi connectivity index (χ0n) is 14.9. The lowest BCUT2D eigenvalue weighted by Gasteiger charge is -2.02. The molecule has 5 rings (SSSR count). The molecule has 3 aromatic rings. The number of hydrogen-bond donors (Lipinski definition) is 2. The number of carbonyl (C=O) groups is 2. The molecule has 0 aliphatic carbocycles. The third kappa shape index (κ3) is 2.72. The summed E-state index contributed by atoms with van der Waals surface area (Å²) in [6, 6.07) is 23.1. The van der Waals surface area contributed by atoms with Crippen LogP contribution in [0.2, 0.25) is 0 Å². The average molecular weight is 364 g/mol. The fourth-order valence-electron chi connectivity index (χ4n) is 3.64. The van der Waals surface area contributed by atoms with Crippen molar-refractivity contribution in [3.05, 3.63) is 95.1 Å². The molecule has 2 N–H and O–H groups in total. The minimum absolute atomic E-state index is 0.103. The lowest BCUT2D eigenvalue weighted by Crippen LogP contribution is -2.03. The lowest BCUT2D eigenvalue weighted by molar-refractivity contribution is -0.111. The van der Waals surface area contributed by atoms with Crippen molar-refractivity contribution < 1.29 is 9.59 Å². The van der Waals surface area contributed by atoms with Gasteiger partial charge in [0.2, 0.25) is 0 Å². The summed E-state index contributed by atoms with van der Waals surface area (Å²) in [6.45, 7) is 0. The Morgan fingerprint density at radius 1 is 0.571 bits per heavy atom. The van der Waals surface area contributed by atoms with Crippen LogP contribution in [0.1, 0.15) is 22.3 Å². The van der Waals surface area contributed by atoms with Crippen LogP contribution in [0.4, 0.5) is 11.4 Å². The Bertz CT molecular complexity index is 1110. The Balaban J connectivity index is 1.54. The predicted molar refractivity (Wildman–Crippen MR) is 112 cm³/mol. The Kier molecular flexibility index (Phi) is 3.69. The maximum absolute atomic E-state index is 12.3. The molecule has 134 valence electrons. The van der Waals surface area contributed by atoms with Gasteiger partial charge in [-0.1, -0.05) is 54.6 Å². The van der Waals surface area contributed by atoms with Crippen LogP contribution >= 0.6 is 0 Å². The van der Waals surface area contributed by atoms with Crippen molar-refractivity contribution in [1.82, 2.24) is 0 Å². The molecule has 0 atom stereocenters. The van der Waals surface area contributed by atoms with E-state index in [9.17, 15) is 9.59 Å². The van der Waals surface area contributed by atoms with Gasteiger partial charge in [0.05, 0.1) is 0 Å². The zero-order valence-corrected chi connectivity index (χ0v) is 14.9. The van der Waals surface area contributed by atoms with Crippen molar-refractivity contribution in [2.75, 3.05) is 10.6 Å². The van der Waals surface area contributed by atoms with Gasteiger partial charge in [0.1, 0.15) is 0 Å². The predicted octanol–water partition coefficient (Wildman–Crippen LogP) is 4.67. The molecule has 0 bridgehead atoms. The molecule has 0 radical (unpaired) electrons. The summed E-state index contributed by atoms with van der Waals surface area (Å²) < 4.78 is 0. The first-order chi connectivity index (χ1) is 13.7. The van der Waals surface area contributed by atoms with Crippen molar-refractivity contribution in [1.29, 1.82) is 0 Å². The molecule has 0 aromatic heterocycles. The molecule has 4 heteroatoms. The molecule has 0 unspecified atom stereocenters. The van der Waals surface area contributed by atoms with E-state index in [4.69, 9.17) is 0 Å². The number of amides is 2. The van der Waals surface area contributed by atoms with Crippen LogP contribution < -0.4 is 10.6 Å². The number of anilines is 2. The second-order valence-electron chi connectivity index (χ2n) is 6.79. The van der Waals surface area contributed by atoms with Crippen LogP contribution in [-0.2, 0) is 9.59 Å². The number of rotatable bonds is 2. The minimum Gasteiger partial charge on any atom is -0.321 e. The topological polar surface area (TPSA) is 58.2 Å². The quantitative estimate of drug-likeness (QED) is 0.649. The average Bonchev–Trinajstić information content (AvgIpc) is 3.19. The van der Waals surface area contributed by atoms with E-state index in [2.05, 4.69) is 10.6 Å². The second-order valence-corrected chi connectivity index (χ2v) is 6.79. The van der Waals surface area contributed by atoms with Crippen LogP contribution in [0, 0.1) is 0 Å². The van der Waals surface area contributed by atoms with Crippen molar-refractivity contribution >= 4 is 46.5 Å². The number of fused-ring (bicyclic) bond motifs is 2. The summed E-state index contributed by atoms with van der Waals surface area (Å²) in [6.07, 6.45) is 3.76. The van der Waals surface area contributed by atoms with Gasteiger partial charge < -0.3 is 10.6 Å². The molecule has 28 heavy (non-hydrogen) atoms. The zero-order chi connectivity index (χ0) is 19.1. The van der Waals surface area contributed by atoms with Gasteiger partial charge in [-0.25, -0.2) is 0 Å². The summed E-state index contributed by atoms with van der Waals surface area (Å²) in [7, 11) is 0. The van der Waals surface area contributed by atoms with Gasteiger partial charge in [0, 0.05) is 33.6 Å². The van der Waals surface area contributed by atoms with Crippen LogP contribution in [0.3, 0.4) is 0 Å². The van der Waals surface area contributed by atoms with E-state index in [0.717, 1.165) is 33.6 Å². The SMILES string of the molecule is O=C1Nc2ccccc2C1=Cc1cccc(C=C2C(=O)Nc3ccccc32)c1. The first kappa shape index (κ1) is 16.3. The molecule has 0 saturated carbocycles. The standard InChI is InChI=1S/C24H16N2O2/c27-23-19(17-8-1-3-10-21(17)25-23)13-15-6-5-7-16(12-15)14-20-18-9-2-4-11-22(18)26-24(20)28/h1-14H,(H,25,27)(H,26,28). The Labute approximate surface area is 162 Å². The van der Waals surface area contributed by atoms with Crippen molar-refractivity contribution in [3.63, 3.8) is 0 Å². The molecule has 2 aliphatic heterocycles. The molecule has 0 spiro atoms. The van der Waals surface area contributed by atoms with Crippen LogP contribution in [0.5, 0.6) is 0 Å². The number of carbonyl (C=O) groups excluding carboxylic acids is 2. The highest BCUT2D eigenvalue weighted by Crippen LogP contribution is 2.34. The normalized spacial score (nSPS) is 17.4. The molecule has 3 aromatic carbocycles. The Morgan fingerprint density at radius 2 is 1.04 bits per heavy atom. The molecule has 2 aliphatic rings. The van der Waals surface area contributed by atoms with E-state index >= 15 is 0 Å². The monoisotopic (exact) mass is 364 g/mol. The van der Waals surface area contributed by atoms with E-state index in [1.165, 1.54) is 0 Å². The number of nitrogens with one attached hydrogen (secondary N) is 2. The third-order valence-electron chi connectivity index (χ3n) is 4.95. The molecule has 0 saturated heterocycles. The van der Waals surface area contributed by atoms with Crippen molar-refractivity contribution in [3.8, 4) is 0 Å². The first-order valence-corrected chi connectivity index (χ1v) is 9.04. The van der Waals surface area contributed by atoms with Crippen molar-refractivity contribution in [2.24, 2.45) is 0 Å². The second kappa shape index (κ2) is 6.35. The number of para-hydroxylation sites is 2. The van der Waals surface area contributed by atoms with E-state index in [0.29, 0.717) is 11.1 Å². The fourth-order valence-corrected chi connectivity index (χ4v) is 3.64. The largest absolute Gasteiger partial charge is 0.321 e. The number of benzene rings is 3. The summed E-state index contributed by atoms with van der Waals surface area (Å²) in [5.74, 6) is -0.205. The maximum Gasteiger partial charge on any atom is 0.256 e. The molecular formula is C24H16N2O2. The lowest BCUT2D eigenvalue weighted by atomic mass is 10.0. The maximum atomic E-state index is 12.3. The van der Waals surface area contributed by atoms with Gasteiger partial charge in [0.25, 0.3) is 11.8 Å². The Hall–Kier alpha value is -3.92. The van der Waals surface area contributed by atoms with Gasteiger partial charge in [-0.15, -0.1) is 0 Å². The number of hydrogen-bond acceptors (Lipinski definition) is 2. The molecule has 0 fully saturated rings. The third-order valence-corrected chi connectivity index (χ3v) is 4.95. The van der Waals surface area contributed by atoms with Gasteiger partial charge in [-0.2, -0.15) is 0 Å². The molecular weight excluding hydrogens is 348 g/mol. The fraction of sp³-hybridized carbons (Fsp3) is 0. The summed E-state index contributed by atoms with van der Waals surface area (Å²) in [4.78, 5) is 24.7. The summed E-state index contributed by atoms with van der Waals surface area (Å²) in [5, 5.41) is 5.77. The molecule has 4 nitrogen and oxygen atoms in total. The molecule has 2 amide bonds. The van der Waals surface area contributed by atoms with Gasteiger partial charge in [-0.3, -0.25) is 9.59 Å². The molecule has 2 heterocycles. The highest BCUT2D eigenvalue weighted by molar-refractivity contribution is 6.35. The smallest absolute Gasteiger partial charge is 0.256 e. The van der Waals surface area contributed by atoms with Crippen molar-refractivity contribution in [2.45, 2.75) is 0 Å². The van der Waals surface area contributed by atoms with Gasteiger partial charge in [-0.05, 0) is 41.5 Å². The minimum atomic E-state index is -0.103.